The van der Waals surface area contributed by atoms with Crippen LogP contribution in [0.1, 0.15) is 12.8 Å². The lowest BCUT2D eigenvalue weighted by Crippen LogP contribution is -2.37. The average Bonchev–Trinajstić information content (AvgIpc) is 2.23. The highest BCUT2D eigenvalue weighted by molar-refractivity contribution is 5.22. The molecule has 1 heterocycles. The molecule has 1 atom stereocenters. The van der Waals surface area contributed by atoms with Crippen LogP contribution in [0.5, 0.6) is 5.75 Å². The minimum atomic E-state index is -0.223. The van der Waals surface area contributed by atoms with Crippen LogP contribution in [0.25, 0.3) is 0 Å². The molecule has 1 aliphatic heterocycles. The Kier molecular flexibility index (Phi) is 2.99. The summed E-state index contributed by atoms with van der Waals surface area (Å²) in [6.45, 7) is 1.96. The zero-order valence-electron chi connectivity index (χ0n) is 8.00. The van der Waals surface area contributed by atoms with Crippen LogP contribution in [0, 0.1) is 5.82 Å². The van der Waals surface area contributed by atoms with Gasteiger partial charge in [-0.05, 0) is 43.7 Å². The van der Waals surface area contributed by atoms with Crippen LogP contribution in [-0.4, -0.2) is 19.2 Å². The molecule has 1 aliphatic rings. The van der Waals surface area contributed by atoms with Crippen molar-refractivity contribution in [3.8, 4) is 5.75 Å². The first kappa shape index (κ1) is 9.46. The molecule has 1 aromatic carbocycles. The van der Waals surface area contributed by atoms with Crippen LogP contribution in [0.2, 0.25) is 0 Å². The fourth-order valence-corrected chi connectivity index (χ4v) is 1.63. The summed E-state index contributed by atoms with van der Waals surface area (Å²) in [7, 11) is 0. The third-order valence-corrected chi connectivity index (χ3v) is 2.37. The molecule has 0 bridgehead atoms. The van der Waals surface area contributed by atoms with Crippen molar-refractivity contribution in [2.24, 2.45) is 0 Å². The number of halogens is 1. The SMILES string of the molecule is Fc1ccc(OC2CCCNC2)cc1. The van der Waals surface area contributed by atoms with Crippen molar-refractivity contribution in [3.63, 3.8) is 0 Å². The molecule has 0 saturated carbocycles. The molecule has 0 amide bonds. The van der Waals surface area contributed by atoms with Gasteiger partial charge in [0, 0.05) is 6.54 Å². The van der Waals surface area contributed by atoms with E-state index in [1.807, 2.05) is 0 Å². The van der Waals surface area contributed by atoms with Gasteiger partial charge in [0.05, 0.1) is 0 Å². The van der Waals surface area contributed by atoms with Crippen LogP contribution < -0.4 is 10.1 Å². The number of nitrogens with one attached hydrogen (secondary N) is 1. The number of rotatable bonds is 2. The molecule has 1 fully saturated rings. The van der Waals surface area contributed by atoms with Crippen molar-refractivity contribution in [3.05, 3.63) is 30.1 Å². The van der Waals surface area contributed by atoms with Crippen molar-refractivity contribution in [1.82, 2.24) is 5.32 Å². The van der Waals surface area contributed by atoms with Gasteiger partial charge >= 0.3 is 0 Å². The summed E-state index contributed by atoms with van der Waals surface area (Å²) in [5.74, 6) is 0.527. The van der Waals surface area contributed by atoms with Crippen LogP contribution in [0.4, 0.5) is 4.39 Å². The van der Waals surface area contributed by atoms with E-state index in [0.717, 1.165) is 31.7 Å². The second kappa shape index (κ2) is 4.42. The first-order valence-electron chi connectivity index (χ1n) is 4.97. The second-order valence-electron chi connectivity index (χ2n) is 3.54. The Bertz CT molecular complexity index is 280. The zero-order chi connectivity index (χ0) is 9.80. The maximum Gasteiger partial charge on any atom is 0.123 e. The molecule has 0 aliphatic carbocycles. The monoisotopic (exact) mass is 195 g/mol. The summed E-state index contributed by atoms with van der Waals surface area (Å²) in [5, 5.41) is 3.27. The van der Waals surface area contributed by atoms with E-state index >= 15 is 0 Å². The largest absolute Gasteiger partial charge is 0.489 e. The van der Waals surface area contributed by atoms with E-state index in [-0.39, 0.29) is 11.9 Å². The van der Waals surface area contributed by atoms with Crippen molar-refractivity contribution >= 4 is 0 Å². The highest BCUT2D eigenvalue weighted by atomic mass is 19.1. The van der Waals surface area contributed by atoms with Gasteiger partial charge in [-0.15, -0.1) is 0 Å². The fourth-order valence-electron chi connectivity index (χ4n) is 1.63. The Morgan fingerprint density at radius 2 is 2.07 bits per heavy atom. The Balaban J connectivity index is 1.92. The van der Waals surface area contributed by atoms with Gasteiger partial charge in [-0.3, -0.25) is 0 Å². The van der Waals surface area contributed by atoms with Crippen molar-refractivity contribution in [2.75, 3.05) is 13.1 Å². The van der Waals surface area contributed by atoms with Gasteiger partial charge in [0.2, 0.25) is 0 Å². The lowest BCUT2D eigenvalue weighted by Gasteiger charge is -2.23. The van der Waals surface area contributed by atoms with Gasteiger partial charge in [-0.1, -0.05) is 0 Å². The third-order valence-electron chi connectivity index (χ3n) is 2.37. The second-order valence-corrected chi connectivity index (χ2v) is 3.54. The maximum absolute atomic E-state index is 12.6. The van der Waals surface area contributed by atoms with Crippen molar-refractivity contribution < 1.29 is 9.13 Å². The molecule has 1 unspecified atom stereocenters. The van der Waals surface area contributed by atoms with Gasteiger partial charge in [0.15, 0.2) is 0 Å². The summed E-state index contributed by atoms with van der Waals surface area (Å²) in [4.78, 5) is 0. The Morgan fingerprint density at radius 3 is 2.71 bits per heavy atom. The average molecular weight is 195 g/mol. The molecular weight excluding hydrogens is 181 g/mol. The number of hydrogen-bond acceptors (Lipinski definition) is 2. The van der Waals surface area contributed by atoms with E-state index in [0.29, 0.717) is 0 Å². The van der Waals surface area contributed by atoms with E-state index in [2.05, 4.69) is 5.32 Å². The van der Waals surface area contributed by atoms with Gasteiger partial charge in [-0.25, -0.2) is 4.39 Å². The Hall–Kier alpha value is -1.09. The van der Waals surface area contributed by atoms with E-state index in [9.17, 15) is 4.39 Å². The molecule has 14 heavy (non-hydrogen) atoms. The van der Waals surface area contributed by atoms with Gasteiger partial charge in [-0.2, -0.15) is 0 Å². The first-order chi connectivity index (χ1) is 6.84. The van der Waals surface area contributed by atoms with E-state index in [4.69, 9.17) is 4.74 Å². The molecule has 0 aromatic heterocycles. The molecule has 3 heteroatoms. The van der Waals surface area contributed by atoms with Crippen molar-refractivity contribution in [1.29, 1.82) is 0 Å². The smallest absolute Gasteiger partial charge is 0.123 e. The number of piperidine rings is 1. The summed E-state index contributed by atoms with van der Waals surface area (Å²) >= 11 is 0. The Labute approximate surface area is 83.1 Å². The van der Waals surface area contributed by atoms with Crippen LogP contribution in [0.15, 0.2) is 24.3 Å². The zero-order valence-corrected chi connectivity index (χ0v) is 8.00. The van der Waals surface area contributed by atoms with Crippen molar-refractivity contribution in [2.45, 2.75) is 18.9 Å². The fraction of sp³-hybridized carbons (Fsp3) is 0.455. The summed E-state index contributed by atoms with van der Waals surface area (Å²) < 4.78 is 18.3. The molecular formula is C11H14FNO. The van der Waals surface area contributed by atoms with E-state index in [1.54, 1.807) is 12.1 Å². The van der Waals surface area contributed by atoms with Crippen LogP contribution >= 0.6 is 0 Å². The first-order valence-corrected chi connectivity index (χ1v) is 4.97. The minimum absolute atomic E-state index is 0.223. The topological polar surface area (TPSA) is 21.3 Å². The molecule has 1 N–H and O–H groups in total. The lowest BCUT2D eigenvalue weighted by atomic mass is 10.1. The number of hydrogen-bond donors (Lipinski definition) is 1. The van der Waals surface area contributed by atoms with Gasteiger partial charge in [0.25, 0.3) is 0 Å². The standard InChI is InChI=1S/C11H14FNO/c12-9-3-5-10(6-4-9)14-11-2-1-7-13-8-11/h3-6,11,13H,1-2,7-8H2. The predicted octanol–water partition coefficient (Wildman–Crippen LogP) is 1.96. The minimum Gasteiger partial charge on any atom is -0.489 e. The van der Waals surface area contributed by atoms with E-state index < -0.39 is 0 Å². The normalized spacial score (nSPS) is 21.9. The quantitative estimate of drug-likeness (QED) is 0.778. The molecule has 2 rings (SSSR count). The summed E-state index contributed by atoms with van der Waals surface area (Å²) in [5.41, 5.74) is 0. The maximum atomic E-state index is 12.6. The third kappa shape index (κ3) is 2.45. The van der Waals surface area contributed by atoms with E-state index in [1.165, 1.54) is 12.1 Å². The number of ether oxygens (including phenoxy) is 1. The molecule has 1 aromatic rings. The Morgan fingerprint density at radius 1 is 1.29 bits per heavy atom. The lowest BCUT2D eigenvalue weighted by molar-refractivity contribution is 0.167. The molecule has 1 saturated heterocycles. The molecule has 2 nitrogen and oxygen atoms in total. The van der Waals surface area contributed by atoms with Crippen LogP contribution in [0.3, 0.4) is 0 Å². The predicted molar refractivity (Wildman–Crippen MR) is 52.9 cm³/mol. The summed E-state index contributed by atoms with van der Waals surface area (Å²) in [6.07, 6.45) is 2.45. The highest BCUT2D eigenvalue weighted by Gasteiger charge is 2.13. The molecule has 0 spiro atoms. The summed E-state index contributed by atoms with van der Waals surface area (Å²) in [6, 6.07) is 6.19. The number of benzene rings is 1. The van der Waals surface area contributed by atoms with Gasteiger partial charge < -0.3 is 10.1 Å². The molecule has 0 radical (unpaired) electrons. The highest BCUT2D eigenvalue weighted by Crippen LogP contribution is 2.15. The van der Waals surface area contributed by atoms with Gasteiger partial charge in [0.1, 0.15) is 17.7 Å². The molecule has 76 valence electrons. The van der Waals surface area contributed by atoms with Crippen LogP contribution in [-0.2, 0) is 0 Å².